The summed E-state index contributed by atoms with van der Waals surface area (Å²) in [6.07, 6.45) is 19.1. The van der Waals surface area contributed by atoms with Crippen LogP contribution in [0.3, 0.4) is 0 Å². The van der Waals surface area contributed by atoms with Gasteiger partial charge in [-0.3, -0.25) is 5.32 Å². The summed E-state index contributed by atoms with van der Waals surface area (Å²) in [6, 6.07) is 1.59. The highest BCUT2D eigenvalue weighted by Crippen LogP contribution is 2.36. The monoisotopic (exact) mass is 648 g/mol. The van der Waals surface area contributed by atoms with Crippen LogP contribution in [0.5, 0.6) is 0 Å². The highest BCUT2D eigenvalue weighted by molar-refractivity contribution is 9.10. The van der Waals surface area contributed by atoms with E-state index in [0.717, 1.165) is 38.5 Å². The number of nitrogens with one attached hydrogen (secondary N) is 1. The van der Waals surface area contributed by atoms with E-state index in [2.05, 4.69) is 53.9 Å². The topological polar surface area (TPSA) is 45.1 Å². The van der Waals surface area contributed by atoms with Gasteiger partial charge in [0.1, 0.15) is 21.7 Å². The van der Waals surface area contributed by atoms with E-state index in [1.807, 2.05) is 0 Å². The maximum atomic E-state index is 15.6. The van der Waals surface area contributed by atoms with Gasteiger partial charge in [0, 0.05) is 0 Å². The minimum Gasteiger partial charge on any atom is -0.394 e. The first kappa shape index (κ1) is 38.4. The smallest absolute Gasteiger partial charge is 0.264 e. The Balaban J connectivity index is 2.59. The van der Waals surface area contributed by atoms with Crippen LogP contribution in [0.25, 0.3) is 0 Å². The van der Waals surface area contributed by atoms with Crippen molar-refractivity contribution in [2.45, 2.75) is 168 Å². The van der Waals surface area contributed by atoms with E-state index in [4.69, 9.17) is 0 Å². The van der Waals surface area contributed by atoms with Crippen LogP contribution in [0, 0.1) is 11.2 Å². The molecule has 3 nitrogen and oxygen atoms in total. The lowest BCUT2D eigenvalue weighted by Gasteiger charge is -2.32. The fourth-order valence-electron chi connectivity index (χ4n) is 6.04. The summed E-state index contributed by atoms with van der Waals surface area (Å²) in [5.41, 5.74) is -1.71. The van der Waals surface area contributed by atoms with Crippen molar-refractivity contribution in [1.29, 1.82) is 0 Å². The highest BCUT2D eigenvalue weighted by atomic mass is 79.9. The first-order valence-corrected chi connectivity index (χ1v) is 17.5. The molecule has 41 heavy (non-hydrogen) atoms. The van der Waals surface area contributed by atoms with Crippen molar-refractivity contribution in [1.82, 2.24) is 10.3 Å². The van der Waals surface area contributed by atoms with Crippen molar-refractivity contribution in [3.8, 4) is 0 Å². The third kappa shape index (κ3) is 13.3. The molecule has 1 atom stereocenters. The number of pyridine rings is 1. The molecule has 1 rings (SSSR count). The molecule has 2 N–H and O–H groups in total. The van der Waals surface area contributed by atoms with Gasteiger partial charge in [-0.05, 0) is 65.2 Å². The molecule has 7 heteroatoms. The van der Waals surface area contributed by atoms with E-state index < -0.39 is 24.4 Å². The van der Waals surface area contributed by atoms with Crippen molar-refractivity contribution < 1.29 is 18.3 Å². The van der Waals surface area contributed by atoms with Crippen molar-refractivity contribution >= 4 is 15.9 Å². The molecular formula is C34H60BrF3N2O. The second kappa shape index (κ2) is 21.9. The predicted molar refractivity (Wildman–Crippen MR) is 171 cm³/mol. The summed E-state index contributed by atoms with van der Waals surface area (Å²) < 4.78 is 44.7. The molecule has 0 unspecified atom stereocenters. The fraction of sp³-hybridized carbons (Fsp3) is 0.853. The first-order valence-electron chi connectivity index (χ1n) is 16.7. The predicted octanol–water partition coefficient (Wildman–Crippen LogP) is 11.0. The maximum absolute atomic E-state index is 15.6. The number of halogens is 4. The van der Waals surface area contributed by atoms with Gasteiger partial charge in [-0.1, -0.05) is 130 Å². The zero-order valence-electron chi connectivity index (χ0n) is 26.6. The lowest BCUT2D eigenvalue weighted by molar-refractivity contribution is -0.0137. The van der Waals surface area contributed by atoms with Crippen LogP contribution in [0.15, 0.2) is 10.7 Å². The Kier molecular flexibility index (Phi) is 20.5. The number of unbranched alkanes of at least 4 members (excludes halogenated alkanes) is 13. The number of aryl methyl sites for hydroxylation is 1. The Morgan fingerprint density at radius 2 is 1.32 bits per heavy atom. The molecule has 0 spiro atoms. The molecule has 0 bridgehead atoms. The molecular weight excluding hydrogens is 589 g/mol. The molecule has 1 aromatic rings. The molecule has 0 aliphatic heterocycles. The van der Waals surface area contributed by atoms with Crippen molar-refractivity contribution in [2.75, 3.05) is 13.2 Å². The van der Waals surface area contributed by atoms with Crippen LogP contribution in [0.4, 0.5) is 13.2 Å². The summed E-state index contributed by atoms with van der Waals surface area (Å²) >= 11 is 3.30. The van der Waals surface area contributed by atoms with Gasteiger partial charge in [0.2, 0.25) is 0 Å². The van der Waals surface area contributed by atoms with Crippen LogP contribution in [0.2, 0.25) is 0 Å². The van der Waals surface area contributed by atoms with Gasteiger partial charge in [-0.25, -0.2) is 18.2 Å². The number of aliphatic hydroxyl groups excluding tert-OH is 1. The summed E-state index contributed by atoms with van der Waals surface area (Å²) in [6.45, 7) is 8.48. The van der Waals surface area contributed by atoms with E-state index in [1.165, 1.54) is 77.0 Å². The standard InChI is InChI=1S/C34H60BrF3N2O/c1-5-9-10-11-12-16-19-22-25-39-34(27-41,32(37)38)31-30(36)28(26-29(35)40-31)23-20-17-14-13-15-18-21-24-33(6-2,7-3)8-4/h26,32,39,41H,5-25,27H2,1-4H3/t34-/m1/s1. The van der Waals surface area contributed by atoms with E-state index in [9.17, 15) is 13.9 Å². The Morgan fingerprint density at radius 3 is 1.83 bits per heavy atom. The molecule has 0 aliphatic rings. The Morgan fingerprint density at radius 1 is 0.805 bits per heavy atom. The number of hydrogen-bond acceptors (Lipinski definition) is 3. The lowest BCUT2D eigenvalue weighted by atomic mass is 9.75. The van der Waals surface area contributed by atoms with Gasteiger partial charge < -0.3 is 5.11 Å². The maximum Gasteiger partial charge on any atom is 0.264 e. The molecule has 0 fully saturated rings. The highest BCUT2D eigenvalue weighted by Gasteiger charge is 2.45. The quantitative estimate of drug-likeness (QED) is 0.0775. The number of rotatable bonds is 26. The van der Waals surface area contributed by atoms with Gasteiger partial charge >= 0.3 is 0 Å². The summed E-state index contributed by atoms with van der Waals surface area (Å²) in [5.74, 6) is -0.725. The van der Waals surface area contributed by atoms with Crippen molar-refractivity contribution in [3.63, 3.8) is 0 Å². The van der Waals surface area contributed by atoms with E-state index in [0.29, 0.717) is 28.4 Å². The molecule has 0 aromatic carbocycles. The molecule has 0 aliphatic carbocycles. The molecule has 0 saturated heterocycles. The molecule has 1 heterocycles. The van der Waals surface area contributed by atoms with Gasteiger partial charge in [0.05, 0.1) is 6.61 Å². The summed E-state index contributed by atoms with van der Waals surface area (Å²) in [5, 5.41) is 12.9. The SMILES string of the molecule is CCCCCCCCCCN[C@](CO)(c1nc(Br)cc(CCCCCCCCCC(CC)(CC)CC)c1F)C(F)F. The number of alkyl halides is 2. The first-order chi connectivity index (χ1) is 19.8. The van der Waals surface area contributed by atoms with E-state index >= 15 is 4.39 Å². The zero-order valence-corrected chi connectivity index (χ0v) is 28.2. The molecule has 240 valence electrons. The van der Waals surface area contributed by atoms with Gasteiger partial charge in [-0.2, -0.15) is 0 Å². The third-order valence-corrected chi connectivity index (χ3v) is 9.83. The van der Waals surface area contributed by atoms with E-state index in [1.54, 1.807) is 6.07 Å². The molecule has 1 aromatic heterocycles. The van der Waals surface area contributed by atoms with E-state index in [-0.39, 0.29) is 12.2 Å². The van der Waals surface area contributed by atoms with Crippen LogP contribution in [-0.4, -0.2) is 29.7 Å². The molecule has 0 amide bonds. The van der Waals surface area contributed by atoms with Crippen LogP contribution >= 0.6 is 15.9 Å². The average Bonchev–Trinajstić information content (AvgIpc) is 2.97. The van der Waals surface area contributed by atoms with Crippen LogP contribution in [-0.2, 0) is 12.0 Å². The third-order valence-electron chi connectivity index (χ3n) is 9.42. The van der Waals surface area contributed by atoms with Gasteiger partial charge in [0.15, 0.2) is 0 Å². The largest absolute Gasteiger partial charge is 0.394 e. The fourth-order valence-corrected chi connectivity index (χ4v) is 6.49. The zero-order chi connectivity index (χ0) is 30.6. The second-order valence-electron chi connectivity index (χ2n) is 12.1. The van der Waals surface area contributed by atoms with Crippen molar-refractivity contribution in [2.24, 2.45) is 5.41 Å². The number of aliphatic hydroxyl groups is 1. The van der Waals surface area contributed by atoms with Crippen LogP contribution < -0.4 is 5.32 Å². The Labute approximate surface area is 258 Å². The number of nitrogens with zero attached hydrogens (tertiary/aromatic N) is 1. The van der Waals surface area contributed by atoms with Gasteiger partial charge in [0.25, 0.3) is 6.43 Å². The van der Waals surface area contributed by atoms with Crippen molar-refractivity contribution in [3.05, 3.63) is 27.7 Å². The summed E-state index contributed by atoms with van der Waals surface area (Å²) in [7, 11) is 0. The number of aromatic nitrogens is 1. The average molecular weight is 650 g/mol. The minimum atomic E-state index is -3.00. The lowest BCUT2D eigenvalue weighted by Crippen LogP contribution is -2.53. The molecule has 0 saturated carbocycles. The Bertz CT molecular complexity index is 798. The molecule has 0 radical (unpaired) electrons. The summed E-state index contributed by atoms with van der Waals surface area (Å²) in [4.78, 5) is 4.12. The Hall–Kier alpha value is -0.660. The second-order valence-corrected chi connectivity index (χ2v) is 12.9. The normalized spacial score (nSPS) is 13.7. The minimum absolute atomic E-state index is 0.277. The number of hydrogen-bond donors (Lipinski definition) is 2. The van der Waals surface area contributed by atoms with Gasteiger partial charge in [-0.15, -0.1) is 0 Å². The van der Waals surface area contributed by atoms with Crippen LogP contribution in [0.1, 0.15) is 161 Å².